The van der Waals surface area contributed by atoms with E-state index in [-0.39, 0.29) is 0 Å². The van der Waals surface area contributed by atoms with Crippen LogP contribution in [-0.2, 0) is 0 Å². The van der Waals surface area contributed by atoms with Crippen LogP contribution in [0.2, 0.25) is 0 Å². The van der Waals surface area contributed by atoms with Crippen molar-refractivity contribution in [1.29, 1.82) is 0 Å². The van der Waals surface area contributed by atoms with Gasteiger partial charge in [0.25, 0.3) is 0 Å². The Morgan fingerprint density at radius 2 is 0.865 bits per heavy atom. The molecular weight excluding hydrogens is 635 g/mol. The third-order valence-electron chi connectivity index (χ3n) is 10.5. The van der Waals surface area contributed by atoms with Gasteiger partial charge in [0.05, 0.1) is 38.8 Å². The van der Waals surface area contributed by atoms with Crippen molar-refractivity contribution in [2.75, 3.05) is 4.90 Å². The molecule has 3 heterocycles. The summed E-state index contributed by atoms with van der Waals surface area (Å²) in [5, 5.41) is 7.02. The highest BCUT2D eigenvalue weighted by atomic mass is 16.3. The van der Waals surface area contributed by atoms with Gasteiger partial charge in [0.1, 0.15) is 11.2 Å². The monoisotopic (exact) mass is 665 g/mol. The van der Waals surface area contributed by atoms with Gasteiger partial charge in [0.2, 0.25) is 0 Å². The van der Waals surface area contributed by atoms with Crippen molar-refractivity contribution in [2.24, 2.45) is 0 Å². The molecule has 0 amide bonds. The van der Waals surface area contributed by atoms with Gasteiger partial charge in [0.15, 0.2) is 0 Å². The lowest BCUT2D eigenvalue weighted by molar-refractivity contribution is 0.669. The zero-order valence-electron chi connectivity index (χ0n) is 28.1. The average molecular weight is 666 g/mol. The molecule has 244 valence electrons. The molecule has 0 bridgehead atoms. The van der Waals surface area contributed by atoms with E-state index in [1.807, 2.05) is 6.07 Å². The minimum Gasteiger partial charge on any atom is -0.456 e. The molecule has 0 aliphatic heterocycles. The maximum atomic E-state index is 6.49. The third-order valence-corrected chi connectivity index (χ3v) is 10.5. The van der Waals surface area contributed by atoms with Crippen molar-refractivity contribution in [3.8, 4) is 11.4 Å². The second-order valence-electron chi connectivity index (χ2n) is 13.3. The van der Waals surface area contributed by atoms with Crippen LogP contribution in [0.3, 0.4) is 0 Å². The van der Waals surface area contributed by atoms with Crippen LogP contribution in [0.25, 0.3) is 76.9 Å². The number of aromatic nitrogens is 2. The first kappa shape index (κ1) is 28.8. The van der Waals surface area contributed by atoms with Gasteiger partial charge in [0, 0.05) is 44.0 Å². The Morgan fingerprint density at radius 1 is 0.346 bits per heavy atom. The summed E-state index contributed by atoms with van der Waals surface area (Å²) in [4.78, 5) is 2.45. The number of rotatable bonds is 5. The number of anilines is 3. The standard InChI is InChI=1S/C48H31N3O/c1-3-15-32(16-4-1)49-40-23-11-8-20-37(40)47-41(49)24-13-25-42(47)51(43-26-14-28-46-48(43)38-21-9-12-27-45(38)52-46)34-29-30-36-35-19-7-10-22-39(35)50(44(36)31-34)33-17-5-2-6-18-33/h1-31H. The van der Waals surface area contributed by atoms with Crippen LogP contribution in [0.5, 0.6) is 0 Å². The van der Waals surface area contributed by atoms with Gasteiger partial charge in [-0.05, 0) is 78.9 Å². The lowest BCUT2D eigenvalue weighted by atomic mass is 10.0. The number of hydrogen-bond donors (Lipinski definition) is 0. The molecule has 0 aliphatic carbocycles. The highest BCUT2D eigenvalue weighted by Gasteiger charge is 2.25. The Morgan fingerprint density at radius 3 is 1.62 bits per heavy atom. The fraction of sp³-hybridized carbons (Fsp3) is 0. The van der Waals surface area contributed by atoms with Crippen LogP contribution < -0.4 is 4.90 Å². The Labute approximate surface area is 299 Å². The zero-order chi connectivity index (χ0) is 34.2. The molecule has 0 aliphatic rings. The summed E-state index contributed by atoms with van der Waals surface area (Å²) in [6.45, 7) is 0. The fourth-order valence-corrected chi connectivity index (χ4v) is 8.35. The molecule has 52 heavy (non-hydrogen) atoms. The summed E-state index contributed by atoms with van der Waals surface area (Å²) in [5.41, 5.74) is 11.9. The summed E-state index contributed by atoms with van der Waals surface area (Å²) in [6, 6.07) is 67.2. The summed E-state index contributed by atoms with van der Waals surface area (Å²) < 4.78 is 11.3. The molecule has 11 aromatic rings. The molecule has 0 atom stereocenters. The Kier molecular flexibility index (Phi) is 6.22. The summed E-state index contributed by atoms with van der Waals surface area (Å²) >= 11 is 0. The molecule has 4 nitrogen and oxygen atoms in total. The maximum Gasteiger partial charge on any atom is 0.137 e. The molecule has 4 heteroatoms. The fourth-order valence-electron chi connectivity index (χ4n) is 8.35. The summed E-state index contributed by atoms with van der Waals surface area (Å²) in [7, 11) is 0. The van der Waals surface area contributed by atoms with E-state index in [4.69, 9.17) is 4.42 Å². The van der Waals surface area contributed by atoms with Crippen molar-refractivity contribution in [3.63, 3.8) is 0 Å². The van der Waals surface area contributed by atoms with Crippen molar-refractivity contribution in [2.45, 2.75) is 0 Å². The van der Waals surface area contributed by atoms with E-state index in [0.717, 1.165) is 61.4 Å². The second kappa shape index (κ2) is 11.2. The summed E-state index contributed by atoms with van der Waals surface area (Å²) in [6.07, 6.45) is 0. The van der Waals surface area contributed by atoms with Gasteiger partial charge >= 0.3 is 0 Å². The third kappa shape index (κ3) is 4.15. The molecule has 3 aromatic heterocycles. The zero-order valence-corrected chi connectivity index (χ0v) is 28.1. The van der Waals surface area contributed by atoms with Crippen LogP contribution in [0.1, 0.15) is 0 Å². The minimum atomic E-state index is 0.863. The first-order chi connectivity index (χ1) is 25.8. The van der Waals surface area contributed by atoms with Crippen molar-refractivity contribution in [1.82, 2.24) is 9.13 Å². The molecular formula is C48H31N3O. The number of para-hydroxylation sites is 5. The smallest absolute Gasteiger partial charge is 0.137 e. The van der Waals surface area contributed by atoms with Crippen LogP contribution in [0.4, 0.5) is 17.1 Å². The minimum absolute atomic E-state index is 0.863. The Bertz CT molecular complexity index is 3130. The summed E-state index contributed by atoms with van der Waals surface area (Å²) in [5.74, 6) is 0. The topological polar surface area (TPSA) is 26.2 Å². The van der Waals surface area contributed by atoms with E-state index in [1.165, 1.54) is 32.6 Å². The van der Waals surface area contributed by atoms with E-state index >= 15 is 0 Å². The van der Waals surface area contributed by atoms with E-state index in [9.17, 15) is 0 Å². The van der Waals surface area contributed by atoms with Crippen LogP contribution >= 0.6 is 0 Å². The lowest BCUT2D eigenvalue weighted by Crippen LogP contribution is -2.11. The quantitative estimate of drug-likeness (QED) is 0.183. The van der Waals surface area contributed by atoms with Gasteiger partial charge in [-0.1, -0.05) is 109 Å². The van der Waals surface area contributed by atoms with Crippen LogP contribution in [-0.4, -0.2) is 9.13 Å². The number of benzene rings is 8. The molecule has 0 saturated heterocycles. The van der Waals surface area contributed by atoms with E-state index in [1.54, 1.807) is 0 Å². The van der Waals surface area contributed by atoms with E-state index in [2.05, 4.69) is 196 Å². The first-order valence-corrected chi connectivity index (χ1v) is 17.7. The lowest BCUT2D eigenvalue weighted by Gasteiger charge is -2.27. The van der Waals surface area contributed by atoms with Crippen LogP contribution in [0.15, 0.2) is 192 Å². The largest absolute Gasteiger partial charge is 0.456 e. The number of hydrogen-bond acceptors (Lipinski definition) is 2. The number of fused-ring (bicyclic) bond motifs is 9. The van der Waals surface area contributed by atoms with Crippen LogP contribution in [0, 0.1) is 0 Å². The predicted octanol–water partition coefficient (Wildman–Crippen LogP) is 13.2. The average Bonchev–Trinajstić information content (AvgIpc) is 3.87. The number of furan rings is 1. The first-order valence-electron chi connectivity index (χ1n) is 17.7. The predicted molar refractivity (Wildman–Crippen MR) is 217 cm³/mol. The van der Waals surface area contributed by atoms with Gasteiger partial charge in [-0.15, -0.1) is 0 Å². The molecule has 0 unspecified atom stereocenters. The van der Waals surface area contributed by atoms with Gasteiger partial charge in [-0.3, -0.25) is 0 Å². The Hall–Kier alpha value is -7.04. The normalized spacial score (nSPS) is 11.8. The molecule has 11 rings (SSSR count). The Balaban J connectivity index is 1.28. The highest BCUT2D eigenvalue weighted by Crippen LogP contribution is 2.48. The maximum absolute atomic E-state index is 6.49. The molecule has 0 radical (unpaired) electrons. The SMILES string of the molecule is c1ccc(-n2c3ccccc3c3ccc(N(c4cccc5oc6ccccc6c45)c4cccc5c4c4ccccc4n5-c4ccccc4)cc32)cc1. The second-order valence-corrected chi connectivity index (χ2v) is 13.3. The van der Waals surface area contributed by atoms with Crippen molar-refractivity contribution in [3.05, 3.63) is 188 Å². The van der Waals surface area contributed by atoms with Gasteiger partial charge in [-0.25, -0.2) is 0 Å². The molecule has 0 spiro atoms. The van der Waals surface area contributed by atoms with E-state index < -0.39 is 0 Å². The molecule has 0 N–H and O–H groups in total. The van der Waals surface area contributed by atoms with E-state index in [0.29, 0.717) is 0 Å². The molecule has 8 aromatic carbocycles. The van der Waals surface area contributed by atoms with Gasteiger partial charge < -0.3 is 18.5 Å². The highest BCUT2D eigenvalue weighted by molar-refractivity contribution is 6.20. The molecule has 0 saturated carbocycles. The van der Waals surface area contributed by atoms with Crippen molar-refractivity contribution < 1.29 is 4.42 Å². The molecule has 0 fully saturated rings. The van der Waals surface area contributed by atoms with Crippen molar-refractivity contribution >= 4 is 82.6 Å². The number of nitrogens with zero attached hydrogens (tertiary/aromatic N) is 3. The van der Waals surface area contributed by atoms with Gasteiger partial charge in [-0.2, -0.15) is 0 Å².